The van der Waals surface area contributed by atoms with Crippen molar-refractivity contribution in [2.75, 3.05) is 18.9 Å². The molecule has 0 atom stereocenters. The van der Waals surface area contributed by atoms with E-state index in [0.29, 0.717) is 6.42 Å². The van der Waals surface area contributed by atoms with Crippen LogP contribution in [0.2, 0.25) is 0 Å². The Morgan fingerprint density at radius 1 is 1.12 bits per heavy atom. The van der Waals surface area contributed by atoms with Gasteiger partial charge in [-0.15, -0.1) is 0 Å². The first-order chi connectivity index (χ1) is 12.0. The summed E-state index contributed by atoms with van der Waals surface area (Å²) in [7, 11) is 1.60. The molecule has 1 N–H and O–H groups in total. The zero-order valence-corrected chi connectivity index (χ0v) is 14.6. The second kappa shape index (κ2) is 8.97. The van der Waals surface area contributed by atoms with Crippen LogP contribution in [0.1, 0.15) is 24.5 Å². The van der Waals surface area contributed by atoms with Crippen molar-refractivity contribution < 1.29 is 14.0 Å². The Morgan fingerprint density at radius 2 is 1.88 bits per heavy atom. The van der Waals surface area contributed by atoms with E-state index >= 15 is 0 Å². The van der Waals surface area contributed by atoms with Crippen LogP contribution in [-0.2, 0) is 22.4 Å². The van der Waals surface area contributed by atoms with Crippen molar-refractivity contribution in [3.63, 3.8) is 0 Å². The maximum Gasteiger partial charge on any atom is 0.243 e. The van der Waals surface area contributed by atoms with Gasteiger partial charge in [0, 0.05) is 19.2 Å². The quantitative estimate of drug-likeness (QED) is 0.838. The Labute approximate surface area is 147 Å². The van der Waals surface area contributed by atoms with E-state index in [1.165, 1.54) is 17.0 Å². The number of para-hydroxylation sites is 1. The largest absolute Gasteiger partial charge is 0.336 e. The molecule has 0 bridgehead atoms. The molecule has 0 aromatic heterocycles. The molecule has 0 heterocycles. The van der Waals surface area contributed by atoms with Gasteiger partial charge in [0.25, 0.3) is 0 Å². The topological polar surface area (TPSA) is 49.4 Å². The van der Waals surface area contributed by atoms with Gasteiger partial charge in [-0.1, -0.05) is 37.3 Å². The number of hydrogen-bond acceptors (Lipinski definition) is 2. The van der Waals surface area contributed by atoms with Gasteiger partial charge in [-0.3, -0.25) is 9.59 Å². The van der Waals surface area contributed by atoms with Crippen molar-refractivity contribution in [2.45, 2.75) is 26.2 Å². The molecule has 0 aliphatic heterocycles. The van der Waals surface area contributed by atoms with Crippen LogP contribution in [-0.4, -0.2) is 30.3 Å². The van der Waals surface area contributed by atoms with Crippen LogP contribution >= 0.6 is 0 Å². The van der Waals surface area contributed by atoms with E-state index in [4.69, 9.17) is 0 Å². The van der Waals surface area contributed by atoms with Crippen LogP contribution in [0.3, 0.4) is 0 Å². The third kappa shape index (κ3) is 5.71. The highest BCUT2D eigenvalue weighted by Crippen LogP contribution is 2.15. The Balaban J connectivity index is 1.84. The summed E-state index contributed by atoms with van der Waals surface area (Å²) in [6, 6.07) is 13.8. The lowest BCUT2D eigenvalue weighted by molar-refractivity contribution is -0.133. The van der Waals surface area contributed by atoms with Crippen molar-refractivity contribution in [1.29, 1.82) is 0 Å². The summed E-state index contributed by atoms with van der Waals surface area (Å²) in [5.41, 5.74) is 2.59. The smallest absolute Gasteiger partial charge is 0.243 e. The molecule has 0 saturated carbocycles. The van der Waals surface area contributed by atoms with Crippen LogP contribution in [0.15, 0.2) is 48.5 Å². The molecule has 0 spiro atoms. The molecule has 0 aliphatic rings. The summed E-state index contributed by atoms with van der Waals surface area (Å²) in [6.45, 7) is 2.01. The Morgan fingerprint density at radius 3 is 2.60 bits per heavy atom. The third-order valence-electron chi connectivity index (χ3n) is 4.00. The summed E-state index contributed by atoms with van der Waals surface area (Å²) in [4.78, 5) is 25.7. The molecular formula is C20H23FN2O2. The molecule has 0 saturated heterocycles. The number of nitrogens with zero attached hydrogens (tertiary/aromatic N) is 1. The Bertz CT molecular complexity index is 746. The zero-order valence-electron chi connectivity index (χ0n) is 14.6. The van der Waals surface area contributed by atoms with Crippen LogP contribution < -0.4 is 5.32 Å². The highest BCUT2D eigenvalue weighted by molar-refractivity contribution is 5.95. The molecule has 2 rings (SSSR count). The second-order valence-electron chi connectivity index (χ2n) is 5.94. The predicted molar refractivity (Wildman–Crippen MR) is 96.8 cm³/mol. The number of carbonyl (C=O) groups is 2. The van der Waals surface area contributed by atoms with Crippen molar-refractivity contribution in [1.82, 2.24) is 4.90 Å². The third-order valence-corrected chi connectivity index (χ3v) is 4.00. The summed E-state index contributed by atoms with van der Waals surface area (Å²) in [5, 5.41) is 2.85. The number of hydrogen-bond donors (Lipinski definition) is 1. The molecule has 0 aliphatic carbocycles. The van der Waals surface area contributed by atoms with E-state index in [1.807, 2.05) is 31.2 Å². The molecule has 2 amide bonds. The molecule has 0 radical (unpaired) electrons. The first kappa shape index (κ1) is 18.6. The van der Waals surface area contributed by atoms with Crippen molar-refractivity contribution in [3.05, 3.63) is 65.5 Å². The van der Waals surface area contributed by atoms with E-state index in [1.54, 1.807) is 19.2 Å². The first-order valence-corrected chi connectivity index (χ1v) is 8.35. The molecule has 2 aromatic carbocycles. The molecule has 0 unspecified atom stereocenters. The average Bonchev–Trinajstić information content (AvgIpc) is 2.60. The van der Waals surface area contributed by atoms with Gasteiger partial charge in [0.2, 0.25) is 11.8 Å². The number of rotatable bonds is 7. The van der Waals surface area contributed by atoms with Gasteiger partial charge < -0.3 is 10.2 Å². The fraction of sp³-hybridized carbons (Fsp3) is 0.300. The van der Waals surface area contributed by atoms with E-state index in [2.05, 4.69) is 5.32 Å². The van der Waals surface area contributed by atoms with Crippen LogP contribution in [0, 0.1) is 5.82 Å². The highest BCUT2D eigenvalue weighted by atomic mass is 19.1. The molecule has 4 nitrogen and oxygen atoms in total. The predicted octanol–water partition coefficient (Wildman–Crippen LogP) is 3.42. The van der Waals surface area contributed by atoms with Crippen LogP contribution in [0.25, 0.3) is 0 Å². The lowest BCUT2D eigenvalue weighted by Gasteiger charge is -2.17. The molecule has 132 valence electrons. The lowest BCUT2D eigenvalue weighted by atomic mass is 10.1. The minimum Gasteiger partial charge on any atom is -0.336 e. The van der Waals surface area contributed by atoms with Gasteiger partial charge in [-0.05, 0) is 42.2 Å². The van der Waals surface area contributed by atoms with Gasteiger partial charge in [-0.2, -0.15) is 0 Å². The Kier molecular flexibility index (Phi) is 6.69. The van der Waals surface area contributed by atoms with E-state index in [0.717, 1.165) is 23.2 Å². The number of carbonyl (C=O) groups excluding carboxylic acids is 2. The van der Waals surface area contributed by atoms with Gasteiger partial charge in [0.15, 0.2) is 0 Å². The number of halogens is 1. The maximum atomic E-state index is 13.1. The Hall–Kier alpha value is -2.69. The normalized spacial score (nSPS) is 10.4. The lowest BCUT2D eigenvalue weighted by Crippen LogP contribution is -2.35. The van der Waals surface area contributed by atoms with Crippen LogP contribution in [0.4, 0.5) is 10.1 Å². The monoisotopic (exact) mass is 342 g/mol. The molecule has 5 heteroatoms. The number of amides is 2. The van der Waals surface area contributed by atoms with Crippen LogP contribution in [0.5, 0.6) is 0 Å². The number of nitrogens with one attached hydrogen (secondary N) is 1. The first-order valence-electron chi connectivity index (χ1n) is 8.35. The zero-order chi connectivity index (χ0) is 18.2. The number of aryl methyl sites for hydroxylation is 2. The van der Waals surface area contributed by atoms with Gasteiger partial charge in [0.05, 0.1) is 6.54 Å². The molecular weight excluding hydrogens is 319 g/mol. The highest BCUT2D eigenvalue weighted by Gasteiger charge is 2.14. The second-order valence-corrected chi connectivity index (χ2v) is 5.94. The van der Waals surface area contributed by atoms with Gasteiger partial charge in [0.1, 0.15) is 5.82 Å². The van der Waals surface area contributed by atoms with Crippen molar-refractivity contribution in [2.24, 2.45) is 0 Å². The standard InChI is InChI=1S/C20H23FN2O2/c1-3-16-8-4-5-10-18(16)22-19(24)14-23(2)20(25)12-11-15-7-6-9-17(21)13-15/h4-10,13H,3,11-12,14H2,1-2H3,(H,22,24). The SMILES string of the molecule is CCc1ccccc1NC(=O)CN(C)C(=O)CCc1cccc(F)c1. The minimum atomic E-state index is -0.313. The number of anilines is 1. The van der Waals surface area contributed by atoms with Crippen molar-refractivity contribution in [3.8, 4) is 0 Å². The molecule has 2 aromatic rings. The van der Waals surface area contributed by atoms with E-state index < -0.39 is 0 Å². The van der Waals surface area contributed by atoms with Gasteiger partial charge >= 0.3 is 0 Å². The van der Waals surface area contributed by atoms with E-state index in [9.17, 15) is 14.0 Å². The summed E-state index contributed by atoms with van der Waals surface area (Å²) >= 11 is 0. The fourth-order valence-corrected chi connectivity index (χ4v) is 2.58. The van der Waals surface area contributed by atoms with Crippen molar-refractivity contribution >= 4 is 17.5 Å². The average molecular weight is 342 g/mol. The number of likely N-dealkylation sites (N-methyl/N-ethyl adjacent to an activating group) is 1. The minimum absolute atomic E-state index is 0.0139. The van der Waals surface area contributed by atoms with Gasteiger partial charge in [-0.25, -0.2) is 4.39 Å². The summed E-state index contributed by atoms with van der Waals surface area (Å²) < 4.78 is 13.1. The summed E-state index contributed by atoms with van der Waals surface area (Å²) in [6.07, 6.45) is 1.50. The number of benzene rings is 2. The van der Waals surface area contributed by atoms with E-state index in [-0.39, 0.29) is 30.6 Å². The summed E-state index contributed by atoms with van der Waals surface area (Å²) in [5.74, 6) is -0.696. The molecule has 25 heavy (non-hydrogen) atoms. The fourth-order valence-electron chi connectivity index (χ4n) is 2.58. The molecule has 0 fully saturated rings. The maximum absolute atomic E-state index is 13.1.